The van der Waals surface area contributed by atoms with Gasteiger partial charge in [-0.05, 0) is 19.1 Å². The molecule has 0 bridgehead atoms. The minimum Gasteiger partial charge on any atom is -0.326 e. The van der Waals surface area contributed by atoms with Crippen LogP contribution in [0.2, 0.25) is 5.02 Å². The Morgan fingerprint density at radius 1 is 1.43 bits per heavy atom. The van der Waals surface area contributed by atoms with Crippen molar-refractivity contribution in [1.29, 1.82) is 5.41 Å². The van der Waals surface area contributed by atoms with Gasteiger partial charge in [-0.3, -0.25) is 4.79 Å². The van der Waals surface area contributed by atoms with Crippen LogP contribution >= 0.6 is 11.6 Å². The van der Waals surface area contributed by atoms with Crippen molar-refractivity contribution < 1.29 is 4.79 Å². The smallest absolute Gasteiger partial charge is 0.221 e. The molecule has 1 aromatic rings. The zero-order chi connectivity index (χ0) is 10.7. The number of hydrogen-bond acceptors (Lipinski definition) is 2. The first-order valence-corrected chi connectivity index (χ1v) is 4.52. The van der Waals surface area contributed by atoms with Gasteiger partial charge in [0.05, 0.1) is 10.7 Å². The molecular weight excluding hydrogens is 200 g/mol. The van der Waals surface area contributed by atoms with Crippen molar-refractivity contribution in [3.05, 3.63) is 28.8 Å². The van der Waals surface area contributed by atoms with Gasteiger partial charge in [0.15, 0.2) is 0 Å². The molecule has 0 atom stereocenters. The quantitative estimate of drug-likeness (QED) is 0.725. The van der Waals surface area contributed by atoms with Crippen LogP contribution in [0.4, 0.5) is 5.69 Å². The third kappa shape index (κ3) is 2.33. The van der Waals surface area contributed by atoms with E-state index in [1.807, 2.05) is 0 Å². The fourth-order valence-electron chi connectivity index (χ4n) is 1.20. The molecule has 1 aromatic carbocycles. The Morgan fingerprint density at radius 2 is 2.07 bits per heavy atom. The van der Waals surface area contributed by atoms with Gasteiger partial charge >= 0.3 is 0 Å². The van der Waals surface area contributed by atoms with Gasteiger partial charge in [-0.25, -0.2) is 0 Å². The number of carbonyl (C=O) groups is 1. The second-order valence-electron chi connectivity index (χ2n) is 2.97. The maximum atomic E-state index is 10.9. The largest absolute Gasteiger partial charge is 0.326 e. The molecule has 3 nitrogen and oxygen atoms in total. The molecule has 0 spiro atoms. The molecule has 1 amide bonds. The lowest BCUT2D eigenvalue weighted by Gasteiger charge is -2.09. The van der Waals surface area contributed by atoms with Gasteiger partial charge in [0, 0.05) is 18.2 Å². The first kappa shape index (κ1) is 10.7. The van der Waals surface area contributed by atoms with E-state index in [0.29, 0.717) is 22.0 Å². The lowest BCUT2D eigenvalue weighted by molar-refractivity contribution is -0.114. The van der Waals surface area contributed by atoms with Gasteiger partial charge in [0.25, 0.3) is 0 Å². The number of halogens is 1. The number of benzene rings is 1. The average Bonchev–Trinajstić information content (AvgIpc) is 2.01. The van der Waals surface area contributed by atoms with E-state index in [1.54, 1.807) is 25.1 Å². The highest BCUT2D eigenvalue weighted by atomic mass is 35.5. The Kier molecular flexibility index (Phi) is 3.25. The highest BCUT2D eigenvalue weighted by Crippen LogP contribution is 2.24. The van der Waals surface area contributed by atoms with E-state index in [2.05, 4.69) is 5.32 Å². The summed E-state index contributed by atoms with van der Waals surface area (Å²) in [4.78, 5) is 10.9. The summed E-state index contributed by atoms with van der Waals surface area (Å²) >= 11 is 5.92. The average molecular weight is 211 g/mol. The number of amides is 1. The van der Waals surface area contributed by atoms with Gasteiger partial charge in [-0.1, -0.05) is 17.7 Å². The van der Waals surface area contributed by atoms with E-state index in [0.717, 1.165) is 0 Å². The van der Waals surface area contributed by atoms with Gasteiger partial charge in [-0.2, -0.15) is 0 Å². The topological polar surface area (TPSA) is 53.0 Å². The van der Waals surface area contributed by atoms with Crippen molar-refractivity contribution in [2.24, 2.45) is 0 Å². The van der Waals surface area contributed by atoms with Gasteiger partial charge in [0.1, 0.15) is 0 Å². The zero-order valence-corrected chi connectivity index (χ0v) is 8.77. The first-order valence-electron chi connectivity index (χ1n) is 4.14. The molecule has 0 saturated heterocycles. The molecular formula is C10H11ClN2O. The second kappa shape index (κ2) is 4.24. The predicted molar refractivity (Wildman–Crippen MR) is 58.3 cm³/mol. The molecule has 0 aliphatic heterocycles. The van der Waals surface area contributed by atoms with Crippen molar-refractivity contribution in [2.75, 3.05) is 5.32 Å². The Labute approximate surface area is 87.6 Å². The van der Waals surface area contributed by atoms with E-state index in [1.165, 1.54) is 6.92 Å². The van der Waals surface area contributed by atoms with E-state index in [4.69, 9.17) is 17.0 Å². The molecule has 0 fully saturated rings. The molecule has 0 unspecified atom stereocenters. The minimum absolute atomic E-state index is 0.172. The number of carbonyl (C=O) groups excluding carboxylic acids is 1. The molecule has 1 rings (SSSR count). The van der Waals surface area contributed by atoms with Crippen LogP contribution in [0.25, 0.3) is 0 Å². The van der Waals surface area contributed by atoms with E-state index in [-0.39, 0.29) is 5.91 Å². The molecule has 0 aliphatic rings. The summed E-state index contributed by atoms with van der Waals surface area (Å²) in [6.45, 7) is 3.05. The molecule has 0 radical (unpaired) electrons. The summed E-state index contributed by atoms with van der Waals surface area (Å²) in [7, 11) is 0. The molecule has 0 aliphatic carbocycles. The van der Waals surface area contributed by atoms with E-state index >= 15 is 0 Å². The Hall–Kier alpha value is -1.35. The van der Waals surface area contributed by atoms with Crippen LogP contribution in [0.5, 0.6) is 0 Å². The van der Waals surface area contributed by atoms with Gasteiger partial charge in [-0.15, -0.1) is 0 Å². The monoisotopic (exact) mass is 210 g/mol. The minimum atomic E-state index is -0.172. The summed E-state index contributed by atoms with van der Waals surface area (Å²) in [5.74, 6) is -0.172. The van der Waals surface area contributed by atoms with Crippen molar-refractivity contribution in [1.82, 2.24) is 0 Å². The van der Waals surface area contributed by atoms with Crippen LogP contribution in [-0.4, -0.2) is 11.6 Å². The molecule has 0 saturated carbocycles. The fraction of sp³-hybridized carbons (Fsp3) is 0.200. The molecule has 74 valence electrons. The second-order valence-corrected chi connectivity index (χ2v) is 3.38. The summed E-state index contributed by atoms with van der Waals surface area (Å²) in [5, 5.41) is 10.6. The number of anilines is 1. The van der Waals surface area contributed by atoms with Crippen molar-refractivity contribution in [3.63, 3.8) is 0 Å². The summed E-state index contributed by atoms with van der Waals surface area (Å²) < 4.78 is 0. The number of rotatable bonds is 2. The van der Waals surface area contributed by atoms with Crippen molar-refractivity contribution >= 4 is 28.9 Å². The summed E-state index contributed by atoms with van der Waals surface area (Å²) in [5.41, 5.74) is 1.49. The lowest BCUT2D eigenvalue weighted by Crippen LogP contribution is -2.10. The third-order valence-electron chi connectivity index (χ3n) is 1.70. The molecule has 2 N–H and O–H groups in total. The highest BCUT2D eigenvalue weighted by Gasteiger charge is 2.09. The Morgan fingerprint density at radius 3 is 2.57 bits per heavy atom. The molecule has 4 heteroatoms. The number of nitrogens with one attached hydrogen (secondary N) is 2. The summed E-state index contributed by atoms with van der Waals surface area (Å²) in [6.07, 6.45) is 0. The van der Waals surface area contributed by atoms with E-state index in [9.17, 15) is 4.79 Å². The van der Waals surface area contributed by atoms with Crippen LogP contribution in [0.15, 0.2) is 18.2 Å². The number of hydrogen-bond donors (Lipinski definition) is 2. The van der Waals surface area contributed by atoms with Crippen LogP contribution in [0.3, 0.4) is 0 Å². The molecule has 0 aromatic heterocycles. The maximum Gasteiger partial charge on any atom is 0.221 e. The Bertz CT molecular complexity index is 388. The standard InChI is InChI=1S/C10H11ClN2O/c1-6(12)10-8(11)4-3-5-9(10)13-7(2)14/h3-5,12H,1-2H3,(H,13,14). The van der Waals surface area contributed by atoms with Crippen LogP contribution in [0.1, 0.15) is 19.4 Å². The van der Waals surface area contributed by atoms with Crippen LogP contribution < -0.4 is 5.32 Å². The van der Waals surface area contributed by atoms with E-state index < -0.39 is 0 Å². The highest BCUT2D eigenvalue weighted by molar-refractivity contribution is 6.35. The normalized spacial score (nSPS) is 9.64. The Balaban J connectivity index is 3.21. The first-order chi connectivity index (χ1) is 6.52. The van der Waals surface area contributed by atoms with Crippen molar-refractivity contribution in [2.45, 2.75) is 13.8 Å². The SMILES string of the molecule is CC(=N)c1c(Cl)cccc1NC(C)=O. The molecule has 14 heavy (non-hydrogen) atoms. The maximum absolute atomic E-state index is 10.9. The van der Waals surface area contributed by atoms with Gasteiger partial charge < -0.3 is 10.7 Å². The third-order valence-corrected chi connectivity index (χ3v) is 2.01. The zero-order valence-electron chi connectivity index (χ0n) is 8.02. The summed E-state index contributed by atoms with van der Waals surface area (Å²) in [6, 6.07) is 5.15. The fourth-order valence-corrected chi connectivity index (χ4v) is 1.52. The van der Waals surface area contributed by atoms with Crippen LogP contribution in [0, 0.1) is 5.41 Å². The van der Waals surface area contributed by atoms with Crippen LogP contribution in [-0.2, 0) is 4.79 Å². The molecule has 0 heterocycles. The van der Waals surface area contributed by atoms with Crippen molar-refractivity contribution in [3.8, 4) is 0 Å². The predicted octanol–water partition coefficient (Wildman–Crippen LogP) is 2.69. The van der Waals surface area contributed by atoms with Gasteiger partial charge in [0.2, 0.25) is 5.91 Å². The lowest BCUT2D eigenvalue weighted by atomic mass is 10.1.